The number of aromatic nitrogens is 1. The molecule has 1 fully saturated rings. The van der Waals surface area contributed by atoms with Crippen LogP contribution in [0.4, 0.5) is 0 Å². The van der Waals surface area contributed by atoms with Crippen LogP contribution < -0.4 is 0 Å². The van der Waals surface area contributed by atoms with Crippen molar-refractivity contribution in [1.82, 2.24) is 9.88 Å². The minimum Gasteiger partial charge on any atom is -0.481 e. The van der Waals surface area contributed by atoms with E-state index in [4.69, 9.17) is 5.11 Å². The van der Waals surface area contributed by atoms with Gasteiger partial charge in [0.25, 0.3) is 0 Å². The number of carboxylic acids is 1. The van der Waals surface area contributed by atoms with Crippen molar-refractivity contribution in [3.05, 3.63) is 30.1 Å². The molecule has 19 heavy (non-hydrogen) atoms. The fourth-order valence-corrected chi connectivity index (χ4v) is 3.16. The van der Waals surface area contributed by atoms with E-state index < -0.39 is 5.97 Å². The second-order valence-electron chi connectivity index (χ2n) is 5.61. The molecule has 0 spiro atoms. The molecule has 4 heteroatoms. The highest BCUT2D eigenvalue weighted by Crippen LogP contribution is 2.38. The number of carbonyl (C=O) groups is 1. The molecule has 0 aliphatic heterocycles. The Hall–Kier alpha value is -1.42. The number of hydrogen-bond donors (Lipinski definition) is 1. The van der Waals surface area contributed by atoms with E-state index in [9.17, 15) is 4.79 Å². The molecule has 4 nitrogen and oxygen atoms in total. The molecule has 1 heterocycles. The minimum atomic E-state index is -0.641. The van der Waals surface area contributed by atoms with E-state index in [1.54, 1.807) is 0 Å². The third-order valence-electron chi connectivity index (χ3n) is 4.11. The van der Waals surface area contributed by atoms with Gasteiger partial charge in [-0.05, 0) is 57.8 Å². The molecule has 0 amide bonds. The number of pyridine rings is 1. The summed E-state index contributed by atoms with van der Waals surface area (Å²) < 4.78 is 0. The molecule has 1 saturated carbocycles. The number of carboxylic acid groups (broad SMARTS) is 1. The summed E-state index contributed by atoms with van der Waals surface area (Å²) in [7, 11) is 4.14. The quantitative estimate of drug-likeness (QED) is 0.906. The number of rotatable bonds is 4. The van der Waals surface area contributed by atoms with Gasteiger partial charge in [0.05, 0.1) is 17.7 Å². The smallest absolute Gasteiger partial charge is 0.306 e. The third kappa shape index (κ3) is 3.32. The molecule has 0 bridgehead atoms. The van der Waals surface area contributed by atoms with Crippen LogP contribution in [-0.4, -0.2) is 35.1 Å². The van der Waals surface area contributed by atoms with Crippen molar-refractivity contribution in [2.75, 3.05) is 14.1 Å². The van der Waals surface area contributed by atoms with Gasteiger partial charge in [-0.1, -0.05) is 6.07 Å². The average molecular weight is 262 g/mol. The third-order valence-corrected chi connectivity index (χ3v) is 4.11. The first-order valence-corrected chi connectivity index (χ1v) is 6.89. The van der Waals surface area contributed by atoms with Gasteiger partial charge in [0.1, 0.15) is 0 Å². The zero-order valence-electron chi connectivity index (χ0n) is 11.6. The molecular formula is C15H22N2O2. The highest BCUT2D eigenvalue weighted by atomic mass is 16.4. The molecule has 104 valence electrons. The normalized spacial score (nSPS) is 25.2. The molecule has 1 atom stereocenters. The van der Waals surface area contributed by atoms with Crippen molar-refractivity contribution in [2.24, 2.45) is 11.8 Å². The van der Waals surface area contributed by atoms with Crippen LogP contribution in [0.1, 0.15) is 37.4 Å². The Bertz CT molecular complexity index is 411. The van der Waals surface area contributed by atoms with Crippen molar-refractivity contribution in [2.45, 2.75) is 31.7 Å². The first-order chi connectivity index (χ1) is 9.09. The summed E-state index contributed by atoms with van der Waals surface area (Å²) >= 11 is 0. The Morgan fingerprint density at radius 3 is 2.47 bits per heavy atom. The molecule has 0 saturated heterocycles. The number of aliphatic carboxylic acids is 1. The van der Waals surface area contributed by atoms with Crippen LogP contribution in [0.15, 0.2) is 24.4 Å². The summed E-state index contributed by atoms with van der Waals surface area (Å²) in [5.41, 5.74) is 1.09. The maximum Gasteiger partial charge on any atom is 0.306 e. The Labute approximate surface area is 114 Å². The van der Waals surface area contributed by atoms with Crippen molar-refractivity contribution >= 4 is 5.97 Å². The van der Waals surface area contributed by atoms with Crippen LogP contribution >= 0.6 is 0 Å². The van der Waals surface area contributed by atoms with Gasteiger partial charge in [0.15, 0.2) is 0 Å². The summed E-state index contributed by atoms with van der Waals surface area (Å²) in [4.78, 5) is 17.7. The van der Waals surface area contributed by atoms with Gasteiger partial charge in [-0.3, -0.25) is 9.78 Å². The standard InChI is InChI=1S/C15H22N2O2/c1-17(2)14(13-5-3-4-10-16-13)11-6-8-12(9-7-11)15(18)19/h3-5,10-12,14H,6-9H2,1-2H3,(H,18,19). The van der Waals surface area contributed by atoms with Crippen LogP contribution in [-0.2, 0) is 4.79 Å². The zero-order chi connectivity index (χ0) is 13.8. The van der Waals surface area contributed by atoms with Gasteiger partial charge in [0, 0.05) is 6.20 Å². The van der Waals surface area contributed by atoms with Gasteiger partial charge in [0.2, 0.25) is 0 Å². The maximum absolute atomic E-state index is 11.0. The summed E-state index contributed by atoms with van der Waals surface area (Å²) in [5, 5.41) is 9.07. The number of hydrogen-bond acceptors (Lipinski definition) is 3. The highest BCUT2D eigenvalue weighted by molar-refractivity contribution is 5.70. The second-order valence-corrected chi connectivity index (χ2v) is 5.61. The Morgan fingerprint density at radius 1 is 1.32 bits per heavy atom. The minimum absolute atomic E-state index is 0.150. The van der Waals surface area contributed by atoms with Crippen LogP contribution in [0.5, 0.6) is 0 Å². The summed E-state index contributed by atoms with van der Waals surface area (Å²) in [6.07, 6.45) is 5.34. The molecule has 2 rings (SSSR count). The van der Waals surface area contributed by atoms with Gasteiger partial charge in [-0.15, -0.1) is 0 Å². The molecule has 1 aromatic rings. The number of nitrogens with zero attached hydrogens (tertiary/aromatic N) is 2. The maximum atomic E-state index is 11.0. The second kappa shape index (κ2) is 6.15. The molecule has 1 aliphatic carbocycles. The van der Waals surface area contributed by atoms with Gasteiger partial charge in [-0.2, -0.15) is 0 Å². The predicted molar refractivity (Wildman–Crippen MR) is 73.7 cm³/mol. The largest absolute Gasteiger partial charge is 0.481 e. The lowest BCUT2D eigenvalue weighted by atomic mass is 9.77. The zero-order valence-corrected chi connectivity index (χ0v) is 11.6. The van der Waals surface area contributed by atoms with Crippen LogP contribution in [0.25, 0.3) is 0 Å². The van der Waals surface area contributed by atoms with E-state index in [0.29, 0.717) is 5.92 Å². The van der Waals surface area contributed by atoms with Crippen molar-refractivity contribution in [1.29, 1.82) is 0 Å². The van der Waals surface area contributed by atoms with E-state index in [-0.39, 0.29) is 12.0 Å². The topological polar surface area (TPSA) is 53.4 Å². The summed E-state index contributed by atoms with van der Waals surface area (Å²) in [6.45, 7) is 0. The van der Waals surface area contributed by atoms with E-state index in [1.807, 2.05) is 18.3 Å². The van der Waals surface area contributed by atoms with E-state index >= 15 is 0 Å². The SMILES string of the molecule is CN(C)C(c1ccccn1)C1CCC(C(=O)O)CC1. The first kappa shape index (κ1) is 14.0. The molecule has 1 aromatic heterocycles. The van der Waals surface area contributed by atoms with E-state index in [0.717, 1.165) is 31.4 Å². The van der Waals surface area contributed by atoms with Crippen LogP contribution in [0, 0.1) is 11.8 Å². The molecule has 1 aliphatic rings. The fourth-order valence-electron chi connectivity index (χ4n) is 3.16. The predicted octanol–water partition coefficient (Wildman–Crippen LogP) is 2.58. The van der Waals surface area contributed by atoms with E-state index in [1.165, 1.54) is 0 Å². The first-order valence-electron chi connectivity index (χ1n) is 6.89. The Morgan fingerprint density at radius 2 is 2.00 bits per heavy atom. The fraction of sp³-hybridized carbons (Fsp3) is 0.600. The Kier molecular flexibility index (Phi) is 4.53. The van der Waals surface area contributed by atoms with Gasteiger partial charge in [-0.25, -0.2) is 0 Å². The van der Waals surface area contributed by atoms with Crippen LogP contribution in [0.2, 0.25) is 0 Å². The summed E-state index contributed by atoms with van der Waals surface area (Å²) in [6, 6.07) is 6.30. The highest BCUT2D eigenvalue weighted by Gasteiger charge is 2.32. The van der Waals surface area contributed by atoms with Crippen LogP contribution in [0.3, 0.4) is 0 Å². The molecule has 0 aromatic carbocycles. The molecule has 1 unspecified atom stereocenters. The monoisotopic (exact) mass is 262 g/mol. The lowest BCUT2D eigenvalue weighted by Crippen LogP contribution is -2.32. The van der Waals surface area contributed by atoms with Crippen molar-refractivity contribution in [3.8, 4) is 0 Å². The average Bonchev–Trinajstić information content (AvgIpc) is 2.40. The van der Waals surface area contributed by atoms with Crippen molar-refractivity contribution in [3.63, 3.8) is 0 Å². The molecular weight excluding hydrogens is 240 g/mol. The summed E-state index contributed by atoms with van der Waals surface area (Å²) in [5.74, 6) is -0.291. The Balaban J connectivity index is 2.08. The van der Waals surface area contributed by atoms with Gasteiger partial charge < -0.3 is 10.0 Å². The van der Waals surface area contributed by atoms with Gasteiger partial charge >= 0.3 is 5.97 Å². The lowest BCUT2D eigenvalue weighted by Gasteiger charge is -2.36. The molecule has 1 N–H and O–H groups in total. The molecule has 0 radical (unpaired) electrons. The van der Waals surface area contributed by atoms with Crippen molar-refractivity contribution < 1.29 is 9.90 Å². The van der Waals surface area contributed by atoms with E-state index in [2.05, 4.69) is 30.0 Å². The lowest BCUT2D eigenvalue weighted by molar-refractivity contribution is -0.143.